The second-order valence-corrected chi connectivity index (χ2v) is 17.7. The molecule has 3 saturated carbocycles. The molecule has 0 amide bonds. The number of aliphatic hydroxyl groups excluding tert-OH is 6. The molecule has 1 aromatic carbocycles. The molecule has 53 heavy (non-hydrogen) atoms. The van der Waals surface area contributed by atoms with Crippen LogP contribution in [-0.2, 0) is 19.0 Å². The molecule has 0 radical (unpaired) electrons. The van der Waals surface area contributed by atoms with Crippen molar-refractivity contribution in [2.75, 3.05) is 6.61 Å². The van der Waals surface area contributed by atoms with Crippen molar-refractivity contribution in [3.8, 4) is 0 Å². The van der Waals surface area contributed by atoms with Crippen molar-refractivity contribution < 1.29 is 64.7 Å². The Labute approximate surface area is 310 Å². The molecule has 1 aromatic rings. The smallest absolute Gasteiger partial charge is 0.338 e. The highest BCUT2D eigenvalue weighted by atomic mass is 16.7. The third-order valence-corrected chi connectivity index (χ3v) is 14.0. The van der Waals surface area contributed by atoms with Gasteiger partial charge in [-0.3, -0.25) is 4.79 Å². The van der Waals surface area contributed by atoms with Crippen LogP contribution in [0, 0.1) is 28.6 Å². The van der Waals surface area contributed by atoms with Gasteiger partial charge in [0.15, 0.2) is 12.1 Å². The van der Waals surface area contributed by atoms with E-state index < -0.39 is 101 Å². The van der Waals surface area contributed by atoms with Gasteiger partial charge in [-0.2, -0.15) is 0 Å². The highest BCUT2D eigenvalue weighted by Crippen LogP contribution is 2.68. The van der Waals surface area contributed by atoms with Gasteiger partial charge in [-0.25, -0.2) is 4.79 Å². The topological polar surface area (TPSA) is 224 Å². The number of esters is 1. The van der Waals surface area contributed by atoms with Crippen molar-refractivity contribution in [3.63, 3.8) is 0 Å². The molecule has 4 fully saturated rings. The first kappa shape index (κ1) is 40.4. The molecule has 13 nitrogen and oxygen atoms in total. The van der Waals surface area contributed by atoms with Crippen LogP contribution in [0.15, 0.2) is 42.0 Å². The van der Waals surface area contributed by atoms with Gasteiger partial charge in [0.2, 0.25) is 0 Å². The van der Waals surface area contributed by atoms with E-state index in [1.807, 2.05) is 13.8 Å². The van der Waals surface area contributed by atoms with Gasteiger partial charge in [-0.05, 0) is 113 Å². The van der Waals surface area contributed by atoms with E-state index in [1.54, 1.807) is 57.2 Å². The number of carbonyl (C=O) groups is 2. The molecule has 6 rings (SSSR count). The maximum absolute atomic E-state index is 13.7. The van der Waals surface area contributed by atoms with Crippen LogP contribution in [0.3, 0.4) is 0 Å². The Morgan fingerprint density at radius 1 is 0.962 bits per heavy atom. The fraction of sp³-hybridized carbons (Fsp3) is 0.750. The fourth-order valence-corrected chi connectivity index (χ4v) is 10.8. The summed E-state index contributed by atoms with van der Waals surface area (Å²) in [7, 11) is 0. The Bertz CT molecular complexity index is 1540. The molecule has 1 heterocycles. The second kappa shape index (κ2) is 14.3. The van der Waals surface area contributed by atoms with Crippen molar-refractivity contribution in [2.24, 2.45) is 28.6 Å². The summed E-state index contributed by atoms with van der Waals surface area (Å²) in [6.45, 7) is 8.32. The van der Waals surface area contributed by atoms with E-state index in [2.05, 4.69) is 0 Å². The van der Waals surface area contributed by atoms with Crippen LogP contribution in [0.25, 0.3) is 0 Å². The van der Waals surface area contributed by atoms with Gasteiger partial charge in [-0.1, -0.05) is 32.0 Å². The first-order valence-corrected chi connectivity index (χ1v) is 19.0. The number of hydrogen-bond acceptors (Lipinski definition) is 13. The normalized spacial score (nSPS) is 43.1. The number of allylic oxidation sites excluding steroid dienone is 1. The van der Waals surface area contributed by atoms with Gasteiger partial charge in [0, 0.05) is 11.3 Å². The third-order valence-electron chi connectivity index (χ3n) is 14.0. The lowest BCUT2D eigenvalue weighted by atomic mass is 9.45. The number of rotatable bonds is 10. The zero-order valence-corrected chi connectivity index (χ0v) is 31.3. The van der Waals surface area contributed by atoms with E-state index in [9.17, 15) is 50.4 Å². The molecule has 0 aromatic heterocycles. The van der Waals surface area contributed by atoms with Crippen molar-refractivity contribution in [1.29, 1.82) is 0 Å². The van der Waals surface area contributed by atoms with E-state index >= 15 is 0 Å². The van der Waals surface area contributed by atoms with E-state index in [1.165, 1.54) is 0 Å². The predicted molar refractivity (Wildman–Crippen MR) is 189 cm³/mol. The first-order chi connectivity index (χ1) is 24.7. The summed E-state index contributed by atoms with van der Waals surface area (Å²) in [5.74, 6) is -2.10. The average Bonchev–Trinajstić information content (AvgIpc) is 3.40. The number of aliphatic hydroxyl groups is 8. The van der Waals surface area contributed by atoms with Crippen LogP contribution in [0.4, 0.5) is 0 Å². The number of ether oxygens (including phenoxy) is 3. The number of carbonyl (C=O) groups excluding carboxylic acids is 2. The van der Waals surface area contributed by atoms with Crippen molar-refractivity contribution >= 4 is 11.8 Å². The molecule has 0 bridgehead atoms. The summed E-state index contributed by atoms with van der Waals surface area (Å²) in [4.78, 5) is 27.2. The molecule has 0 spiro atoms. The number of fused-ring (bicyclic) bond motifs is 5. The van der Waals surface area contributed by atoms with Crippen molar-refractivity contribution in [2.45, 2.75) is 152 Å². The van der Waals surface area contributed by atoms with E-state index in [-0.39, 0.29) is 49.4 Å². The quantitative estimate of drug-likeness (QED) is 0.159. The van der Waals surface area contributed by atoms with Crippen molar-refractivity contribution in [1.82, 2.24) is 0 Å². The van der Waals surface area contributed by atoms with Crippen LogP contribution in [0.2, 0.25) is 0 Å². The zero-order valence-electron chi connectivity index (χ0n) is 31.3. The summed E-state index contributed by atoms with van der Waals surface area (Å²) in [6.07, 6.45) is -6.54. The Hall–Kier alpha value is -2.30. The Morgan fingerprint density at radius 2 is 1.64 bits per heavy atom. The SMILES string of the molecule is CC(C)(CCC(OC(=O)c1ccccc1)[C@](C)(O)[C@H]1CC[C@@]2(O)C3=CC(=O)[C@@H]4C[C@@H](O)[C@@H](O)C[C@]4(C)[C@H]3CC[C@]12C)OC1O[C@H](CO)[C@@H](O)[C@H](O)[C@H]1O. The molecular formula is C40H58O13. The predicted octanol–water partition coefficient (Wildman–Crippen LogP) is 1.54. The highest BCUT2D eigenvalue weighted by Gasteiger charge is 2.69. The molecule has 5 aliphatic rings. The second-order valence-electron chi connectivity index (χ2n) is 17.7. The molecule has 1 aliphatic heterocycles. The van der Waals surface area contributed by atoms with E-state index in [0.29, 0.717) is 24.8 Å². The van der Waals surface area contributed by atoms with Gasteiger partial charge < -0.3 is 55.1 Å². The first-order valence-electron chi connectivity index (χ1n) is 19.0. The summed E-state index contributed by atoms with van der Waals surface area (Å²) in [5.41, 5.74) is -4.96. The van der Waals surface area contributed by atoms with Gasteiger partial charge in [0.25, 0.3) is 0 Å². The fourth-order valence-electron chi connectivity index (χ4n) is 10.8. The van der Waals surface area contributed by atoms with Crippen LogP contribution in [0.1, 0.15) is 96.3 Å². The minimum Gasteiger partial charge on any atom is -0.456 e. The molecular weight excluding hydrogens is 688 g/mol. The standard InChI is InChI=1S/C40H58O13/c1-36(2,53-35-33(47)32(46)31(45)28(20-41)51-35)14-13-30(52-34(48)21-9-7-6-8-10-21)39(5,49)29-12-16-40(50)23-17-25(42)24-18-26(43)27(44)19-37(24,3)22(23)11-15-38(29,40)4/h6-10,17,22,24,26-33,35,41,43-47,49-50H,11-16,18-20H2,1-5H3/t22-,24-,26+,27-,28+,29-,30?,31+,32-,33+,35?,37+,38+,39+,40+/m0/s1. The number of benzene rings is 1. The monoisotopic (exact) mass is 746 g/mol. The maximum atomic E-state index is 13.7. The van der Waals surface area contributed by atoms with Crippen LogP contribution < -0.4 is 0 Å². The molecule has 4 aliphatic carbocycles. The van der Waals surface area contributed by atoms with E-state index in [4.69, 9.17) is 14.2 Å². The van der Waals surface area contributed by atoms with Crippen LogP contribution >= 0.6 is 0 Å². The molecule has 1 saturated heterocycles. The lowest BCUT2D eigenvalue weighted by Crippen LogP contribution is -2.63. The Balaban J connectivity index is 1.27. The molecule has 8 N–H and O–H groups in total. The maximum Gasteiger partial charge on any atom is 0.338 e. The molecule has 296 valence electrons. The van der Waals surface area contributed by atoms with Crippen LogP contribution in [-0.4, -0.2) is 125 Å². The molecule has 15 atom stereocenters. The minimum atomic E-state index is -1.70. The summed E-state index contributed by atoms with van der Waals surface area (Å²) >= 11 is 0. The zero-order chi connectivity index (χ0) is 38.9. The third kappa shape index (κ3) is 6.83. The lowest BCUT2D eigenvalue weighted by Gasteiger charge is -2.60. The Morgan fingerprint density at radius 3 is 2.30 bits per heavy atom. The van der Waals surface area contributed by atoms with E-state index in [0.717, 1.165) is 0 Å². The van der Waals surface area contributed by atoms with Gasteiger partial charge >= 0.3 is 5.97 Å². The van der Waals surface area contributed by atoms with Crippen LogP contribution in [0.5, 0.6) is 0 Å². The van der Waals surface area contributed by atoms with Gasteiger partial charge in [0.05, 0.1) is 35.6 Å². The lowest BCUT2D eigenvalue weighted by molar-refractivity contribution is -0.324. The average molecular weight is 747 g/mol. The molecule has 2 unspecified atom stereocenters. The number of ketones is 1. The minimum absolute atomic E-state index is 0.0742. The van der Waals surface area contributed by atoms with Gasteiger partial charge in [0.1, 0.15) is 36.1 Å². The Kier molecular flexibility index (Phi) is 10.9. The molecule has 13 heteroatoms. The largest absolute Gasteiger partial charge is 0.456 e. The summed E-state index contributed by atoms with van der Waals surface area (Å²) < 4.78 is 17.8. The van der Waals surface area contributed by atoms with Crippen molar-refractivity contribution in [3.05, 3.63) is 47.5 Å². The highest BCUT2D eigenvalue weighted by molar-refractivity contribution is 5.95. The number of hydrogen-bond donors (Lipinski definition) is 8. The summed E-state index contributed by atoms with van der Waals surface area (Å²) in [6, 6.07) is 8.39. The summed E-state index contributed by atoms with van der Waals surface area (Å²) in [5, 5.41) is 87.4. The van der Waals surface area contributed by atoms with Gasteiger partial charge in [-0.15, -0.1) is 0 Å².